The average molecular weight is 504 g/mol. The van der Waals surface area contributed by atoms with Crippen LogP contribution in [0.4, 0.5) is 26.3 Å². The maximum absolute atomic E-state index is 13.1. The van der Waals surface area contributed by atoms with Gasteiger partial charge in [0.05, 0.1) is 16.3 Å². The molecule has 0 spiro atoms. The fourth-order valence-electron chi connectivity index (χ4n) is 3.14. The van der Waals surface area contributed by atoms with Crippen molar-refractivity contribution in [3.8, 4) is 17.2 Å². The molecular weight excluding hydrogens is 490 g/mol. The van der Waals surface area contributed by atoms with Gasteiger partial charge in [-0.05, 0) is 31.2 Å². The Morgan fingerprint density at radius 2 is 1.56 bits per heavy atom. The van der Waals surface area contributed by atoms with E-state index < -0.39 is 33.6 Å². The van der Waals surface area contributed by atoms with E-state index >= 15 is 0 Å². The lowest BCUT2D eigenvalue weighted by molar-refractivity contribution is -0.142. The molecule has 0 saturated heterocycles. The van der Waals surface area contributed by atoms with Gasteiger partial charge in [-0.25, -0.2) is 27.6 Å². The number of rotatable bonds is 4. The highest BCUT2D eigenvalue weighted by molar-refractivity contribution is 7.91. The summed E-state index contributed by atoms with van der Waals surface area (Å²) in [7, 11) is -3.89. The number of halogens is 6. The second-order valence-electron chi connectivity index (χ2n) is 7.14. The minimum Gasteiger partial charge on any atom is -0.227 e. The maximum atomic E-state index is 13.1. The first-order valence-corrected chi connectivity index (χ1v) is 11.2. The predicted molar refractivity (Wildman–Crippen MR) is 106 cm³/mol. The normalized spacial score (nSPS) is 13.1. The topological polar surface area (TPSA) is 95.0 Å². The smallest absolute Gasteiger partial charge is 0.227 e. The van der Waals surface area contributed by atoms with Crippen LogP contribution in [0.2, 0.25) is 0 Å². The van der Waals surface area contributed by atoms with Crippen LogP contribution in [0.15, 0.2) is 41.4 Å². The average Bonchev–Trinajstić information content (AvgIpc) is 3.36. The van der Waals surface area contributed by atoms with E-state index in [0.29, 0.717) is 6.07 Å². The van der Waals surface area contributed by atoms with Gasteiger partial charge in [0, 0.05) is 18.0 Å². The zero-order valence-electron chi connectivity index (χ0n) is 17.3. The lowest BCUT2D eigenvalue weighted by Crippen LogP contribution is -2.11. The van der Waals surface area contributed by atoms with Crippen LogP contribution >= 0.6 is 0 Å². The first kappa shape index (κ1) is 23.7. The van der Waals surface area contributed by atoms with Crippen molar-refractivity contribution in [1.82, 2.24) is 29.4 Å². The molecule has 0 bridgehead atoms. The van der Waals surface area contributed by atoms with E-state index in [1.54, 1.807) is 0 Å². The van der Waals surface area contributed by atoms with Crippen LogP contribution < -0.4 is 0 Å². The predicted octanol–water partition coefficient (Wildman–Crippen LogP) is 4.12. The van der Waals surface area contributed by atoms with Crippen LogP contribution in [0.3, 0.4) is 0 Å². The summed E-state index contributed by atoms with van der Waals surface area (Å²) in [5, 5.41) is 6.88. The van der Waals surface area contributed by atoms with E-state index in [1.807, 2.05) is 0 Å². The Hall–Kier alpha value is -3.49. The zero-order valence-corrected chi connectivity index (χ0v) is 18.2. The third-order valence-corrected chi connectivity index (χ3v) is 6.57. The molecule has 0 saturated carbocycles. The quantitative estimate of drug-likeness (QED) is 0.388. The highest BCUT2D eigenvalue weighted by Crippen LogP contribution is 2.32. The molecule has 34 heavy (non-hydrogen) atoms. The van der Waals surface area contributed by atoms with Crippen LogP contribution in [-0.2, 0) is 22.2 Å². The number of pyridine rings is 1. The summed E-state index contributed by atoms with van der Waals surface area (Å²) in [5.74, 6) is -0.461. The first-order chi connectivity index (χ1) is 15.7. The Morgan fingerprint density at radius 3 is 2.15 bits per heavy atom. The molecule has 0 aliphatic carbocycles. The molecule has 0 unspecified atom stereocenters. The van der Waals surface area contributed by atoms with E-state index in [2.05, 4.69) is 20.2 Å². The lowest BCUT2D eigenvalue weighted by Gasteiger charge is -2.12. The summed E-state index contributed by atoms with van der Waals surface area (Å²) in [5.41, 5.74) is -2.89. The van der Waals surface area contributed by atoms with Gasteiger partial charge in [0.1, 0.15) is 5.69 Å². The van der Waals surface area contributed by atoms with Gasteiger partial charge in [0.2, 0.25) is 0 Å². The summed E-state index contributed by atoms with van der Waals surface area (Å²) >= 11 is 0. The van der Waals surface area contributed by atoms with E-state index in [9.17, 15) is 34.8 Å². The molecule has 4 aromatic heterocycles. The van der Waals surface area contributed by atoms with Gasteiger partial charge in [-0.3, -0.25) is 0 Å². The van der Waals surface area contributed by atoms with E-state index in [4.69, 9.17) is 0 Å². The van der Waals surface area contributed by atoms with Crippen molar-refractivity contribution in [2.45, 2.75) is 31.1 Å². The van der Waals surface area contributed by atoms with Gasteiger partial charge in [-0.1, -0.05) is 6.92 Å². The third-order valence-electron chi connectivity index (χ3n) is 4.81. The standard InChI is InChI=1S/C19H14F6N6O2S/c1-3-34(32,33)12-4-5-15(31-10(2)8-13(29-31)18(20,21)22)27-17(12)11-6-7-30-16(26-11)9-14(28-30)19(23,24)25/h4-9H,3H2,1-2H3. The van der Waals surface area contributed by atoms with Gasteiger partial charge >= 0.3 is 12.4 Å². The first-order valence-electron chi connectivity index (χ1n) is 9.53. The van der Waals surface area contributed by atoms with Crippen LogP contribution in [0, 0.1) is 6.92 Å². The molecule has 0 fully saturated rings. The van der Waals surface area contributed by atoms with E-state index in [-0.39, 0.29) is 39.2 Å². The number of hydrogen-bond donors (Lipinski definition) is 0. The fraction of sp³-hybridized carbons (Fsp3) is 0.263. The number of aromatic nitrogens is 6. The minimum atomic E-state index is -4.73. The van der Waals surface area contributed by atoms with Gasteiger partial charge in [-0.2, -0.15) is 36.5 Å². The van der Waals surface area contributed by atoms with Crippen LogP contribution in [0.1, 0.15) is 24.0 Å². The van der Waals surface area contributed by atoms with Crippen molar-refractivity contribution in [3.05, 3.63) is 53.6 Å². The van der Waals surface area contributed by atoms with Gasteiger partial charge in [-0.15, -0.1) is 0 Å². The molecular formula is C19H14F6N6O2S. The zero-order chi connectivity index (χ0) is 25.1. The molecule has 8 nitrogen and oxygen atoms in total. The highest BCUT2D eigenvalue weighted by atomic mass is 32.2. The summed E-state index contributed by atoms with van der Waals surface area (Å²) in [6.45, 7) is 2.74. The number of aryl methyl sites for hydroxylation is 1. The molecule has 4 aromatic rings. The van der Waals surface area contributed by atoms with Crippen molar-refractivity contribution in [3.63, 3.8) is 0 Å². The maximum Gasteiger partial charge on any atom is 0.435 e. The molecule has 0 atom stereocenters. The molecule has 0 aromatic carbocycles. The minimum absolute atomic E-state index is 0.0749. The Kier molecular flexibility index (Phi) is 5.42. The second-order valence-corrected chi connectivity index (χ2v) is 9.39. The van der Waals surface area contributed by atoms with Crippen LogP contribution in [0.5, 0.6) is 0 Å². The van der Waals surface area contributed by atoms with Crippen LogP contribution in [-0.4, -0.2) is 43.5 Å². The van der Waals surface area contributed by atoms with Gasteiger partial charge < -0.3 is 0 Å². The molecule has 0 radical (unpaired) electrons. The molecule has 0 N–H and O–H groups in total. The Morgan fingerprint density at radius 1 is 0.912 bits per heavy atom. The highest BCUT2D eigenvalue weighted by Gasteiger charge is 2.35. The summed E-state index contributed by atoms with van der Waals surface area (Å²) < 4.78 is 105. The Balaban J connectivity index is 1.93. The van der Waals surface area contributed by atoms with Crippen molar-refractivity contribution >= 4 is 15.5 Å². The molecule has 15 heteroatoms. The second kappa shape index (κ2) is 7.78. The summed E-state index contributed by atoms with van der Waals surface area (Å²) in [4.78, 5) is 7.95. The number of hydrogen-bond acceptors (Lipinski definition) is 6. The summed E-state index contributed by atoms with van der Waals surface area (Å²) in [6, 6.07) is 5.01. The van der Waals surface area contributed by atoms with Crippen molar-refractivity contribution in [1.29, 1.82) is 0 Å². The van der Waals surface area contributed by atoms with E-state index in [0.717, 1.165) is 27.5 Å². The molecule has 4 rings (SSSR count). The number of fused-ring (bicyclic) bond motifs is 1. The van der Waals surface area contributed by atoms with Crippen molar-refractivity contribution in [2.24, 2.45) is 0 Å². The number of alkyl halides is 6. The van der Waals surface area contributed by atoms with Gasteiger partial charge in [0.25, 0.3) is 0 Å². The van der Waals surface area contributed by atoms with Gasteiger partial charge in [0.15, 0.2) is 32.7 Å². The van der Waals surface area contributed by atoms with E-state index in [1.165, 1.54) is 26.0 Å². The number of nitrogens with zero attached hydrogens (tertiary/aromatic N) is 6. The fourth-order valence-corrected chi connectivity index (χ4v) is 4.17. The number of sulfone groups is 1. The molecule has 4 heterocycles. The SMILES string of the molecule is CCS(=O)(=O)c1ccc(-n2nc(C(F)(F)F)cc2C)nc1-c1ccn2nc(C(F)(F)F)cc2n1. The third kappa shape index (κ3) is 4.22. The monoisotopic (exact) mass is 504 g/mol. The van der Waals surface area contributed by atoms with Crippen molar-refractivity contribution in [2.75, 3.05) is 5.75 Å². The Labute approximate surface area is 187 Å². The molecule has 0 aliphatic heterocycles. The lowest BCUT2D eigenvalue weighted by atomic mass is 10.2. The molecule has 0 aliphatic rings. The van der Waals surface area contributed by atoms with Crippen LogP contribution in [0.25, 0.3) is 22.9 Å². The largest absolute Gasteiger partial charge is 0.435 e. The molecule has 0 amide bonds. The Bertz CT molecular complexity index is 1500. The molecule has 180 valence electrons. The summed E-state index contributed by atoms with van der Waals surface area (Å²) in [6.07, 6.45) is -8.30. The van der Waals surface area contributed by atoms with Crippen molar-refractivity contribution < 1.29 is 34.8 Å².